The smallest absolute Gasteiger partial charge is 0.287 e. The number of aromatic nitrogens is 1. The first-order chi connectivity index (χ1) is 7.25. The lowest BCUT2D eigenvalue weighted by molar-refractivity contribution is 0.0922. The van der Waals surface area contributed by atoms with Gasteiger partial charge in [0, 0.05) is 6.07 Å². The Morgan fingerprint density at radius 2 is 2.47 bits per heavy atom. The van der Waals surface area contributed by atoms with Crippen LogP contribution in [0.3, 0.4) is 0 Å². The van der Waals surface area contributed by atoms with Crippen LogP contribution in [0.5, 0.6) is 0 Å². The number of hydrogen-bond acceptors (Lipinski definition) is 4. The molecule has 0 aliphatic heterocycles. The topological polar surface area (TPSA) is 68.3 Å². The summed E-state index contributed by atoms with van der Waals surface area (Å²) in [6.07, 6.45) is 1.45. The molecule has 0 aliphatic carbocycles. The predicted molar refractivity (Wildman–Crippen MR) is 51.1 cm³/mol. The highest BCUT2D eigenvalue weighted by Gasteiger charge is 2.08. The van der Waals surface area contributed by atoms with Crippen molar-refractivity contribution in [3.63, 3.8) is 0 Å². The van der Waals surface area contributed by atoms with Crippen LogP contribution in [0.2, 0.25) is 0 Å². The van der Waals surface area contributed by atoms with Crippen LogP contribution in [0, 0.1) is 6.92 Å². The van der Waals surface area contributed by atoms with Gasteiger partial charge in [0.15, 0.2) is 5.76 Å². The van der Waals surface area contributed by atoms with Crippen LogP contribution in [0.4, 0.5) is 0 Å². The van der Waals surface area contributed by atoms with Crippen molar-refractivity contribution in [3.8, 4) is 0 Å². The quantitative estimate of drug-likeness (QED) is 0.826. The lowest BCUT2D eigenvalue weighted by Crippen LogP contribution is -2.22. The van der Waals surface area contributed by atoms with E-state index in [1.54, 1.807) is 25.1 Å². The van der Waals surface area contributed by atoms with Crippen LogP contribution in [0.1, 0.15) is 22.0 Å². The number of carbonyl (C=O) groups is 1. The van der Waals surface area contributed by atoms with Gasteiger partial charge in [-0.3, -0.25) is 4.79 Å². The number of aryl methyl sites for hydroxylation is 1. The zero-order valence-electron chi connectivity index (χ0n) is 8.19. The van der Waals surface area contributed by atoms with Gasteiger partial charge in [0.05, 0.1) is 12.8 Å². The van der Waals surface area contributed by atoms with Crippen molar-refractivity contribution < 1.29 is 13.7 Å². The number of furan rings is 1. The molecule has 15 heavy (non-hydrogen) atoms. The molecule has 1 amide bonds. The summed E-state index contributed by atoms with van der Waals surface area (Å²) in [6.45, 7) is 2.13. The number of nitrogens with one attached hydrogen (secondary N) is 1. The van der Waals surface area contributed by atoms with E-state index in [0.29, 0.717) is 12.2 Å². The molecule has 2 aromatic heterocycles. The second-order valence-electron chi connectivity index (χ2n) is 3.09. The molecule has 0 saturated carbocycles. The van der Waals surface area contributed by atoms with Crippen molar-refractivity contribution in [1.29, 1.82) is 0 Å². The van der Waals surface area contributed by atoms with Crippen LogP contribution in [0.25, 0.3) is 0 Å². The van der Waals surface area contributed by atoms with Crippen molar-refractivity contribution in [3.05, 3.63) is 41.7 Å². The third-order valence-corrected chi connectivity index (χ3v) is 1.85. The second-order valence-corrected chi connectivity index (χ2v) is 3.09. The van der Waals surface area contributed by atoms with Gasteiger partial charge in [-0.2, -0.15) is 0 Å². The maximum absolute atomic E-state index is 11.4. The average molecular weight is 206 g/mol. The minimum absolute atomic E-state index is 0.263. The van der Waals surface area contributed by atoms with E-state index in [4.69, 9.17) is 8.94 Å². The Morgan fingerprint density at radius 3 is 3.07 bits per heavy atom. The van der Waals surface area contributed by atoms with E-state index in [1.165, 1.54) is 6.26 Å². The third kappa shape index (κ3) is 2.25. The maximum Gasteiger partial charge on any atom is 0.287 e. The van der Waals surface area contributed by atoms with Crippen molar-refractivity contribution >= 4 is 5.91 Å². The first-order valence-corrected chi connectivity index (χ1v) is 4.49. The Bertz CT molecular complexity index is 445. The van der Waals surface area contributed by atoms with Crippen LogP contribution in [0.15, 0.2) is 33.4 Å². The highest BCUT2D eigenvalue weighted by Crippen LogP contribution is 2.03. The van der Waals surface area contributed by atoms with E-state index < -0.39 is 0 Å². The van der Waals surface area contributed by atoms with E-state index in [-0.39, 0.29) is 11.7 Å². The summed E-state index contributed by atoms with van der Waals surface area (Å²) in [5.41, 5.74) is 0.687. The molecule has 0 unspecified atom stereocenters. The van der Waals surface area contributed by atoms with Gasteiger partial charge in [0.2, 0.25) is 0 Å². The molecule has 0 aliphatic rings. The monoisotopic (exact) mass is 206 g/mol. The summed E-state index contributed by atoms with van der Waals surface area (Å²) in [5.74, 6) is 0.744. The number of carbonyl (C=O) groups excluding carboxylic acids is 1. The zero-order chi connectivity index (χ0) is 10.7. The van der Waals surface area contributed by atoms with E-state index in [9.17, 15) is 4.79 Å². The molecule has 78 valence electrons. The molecule has 0 atom stereocenters. The lowest BCUT2D eigenvalue weighted by Gasteiger charge is -1.98. The summed E-state index contributed by atoms with van der Waals surface area (Å²) in [7, 11) is 0. The van der Waals surface area contributed by atoms with Crippen LogP contribution in [-0.2, 0) is 6.54 Å². The van der Waals surface area contributed by atoms with Gasteiger partial charge >= 0.3 is 0 Å². The molecule has 0 spiro atoms. The maximum atomic E-state index is 11.4. The van der Waals surface area contributed by atoms with Gasteiger partial charge in [-0.05, 0) is 19.1 Å². The molecule has 0 saturated heterocycles. The molecule has 2 heterocycles. The Balaban J connectivity index is 1.91. The summed E-state index contributed by atoms with van der Waals surface area (Å²) >= 11 is 0. The Labute approximate surface area is 86.1 Å². The van der Waals surface area contributed by atoms with Crippen molar-refractivity contribution in [1.82, 2.24) is 10.5 Å². The molecule has 2 rings (SSSR count). The van der Waals surface area contributed by atoms with Crippen LogP contribution >= 0.6 is 0 Å². The SMILES string of the molecule is Cc1cc(CNC(=O)c2ccco2)no1. The highest BCUT2D eigenvalue weighted by atomic mass is 16.5. The molecular weight excluding hydrogens is 196 g/mol. The normalized spacial score (nSPS) is 10.2. The molecule has 1 N–H and O–H groups in total. The lowest BCUT2D eigenvalue weighted by atomic mass is 10.3. The Hall–Kier alpha value is -2.04. The van der Waals surface area contributed by atoms with Gasteiger partial charge in [0.1, 0.15) is 11.5 Å². The Kier molecular flexibility index (Phi) is 2.53. The summed E-state index contributed by atoms with van der Waals surface area (Å²) in [4.78, 5) is 11.4. The molecule has 0 fully saturated rings. The zero-order valence-corrected chi connectivity index (χ0v) is 8.19. The van der Waals surface area contributed by atoms with E-state index in [2.05, 4.69) is 10.5 Å². The van der Waals surface area contributed by atoms with Gasteiger partial charge in [-0.25, -0.2) is 0 Å². The van der Waals surface area contributed by atoms with Crippen LogP contribution < -0.4 is 5.32 Å². The Morgan fingerprint density at radius 1 is 1.60 bits per heavy atom. The third-order valence-electron chi connectivity index (χ3n) is 1.85. The van der Waals surface area contributed by atoms with Crippen molar-refractivity contribution in [2.75, 3.05) is 0 Å². The molecule has 5 nitrogen and oxygen atoms in total. The van der Waals surface area contributed by atoms with Gasteiger partial charge < -0.3 is 14.3 Å². The minimum Gasteiger partial charge on any atom is -0.459 e. The number of hydrogen-bond donors (Lipinski definition) is 1. The highest BCUT2D eigenvalue weighted by molar-refractivity contribution is 5.91. The fourth-order valence-electron chi connectivity index (χ4n) is 1.17. The predicted octanol–water partition coefficient (Wildman–Crippen LogP) is 1.51. The number of rotatable bonds is 3. The van der Waals surface area contributed by atoms with E-state index in [1.807, 2.05) is 0 Å². The average Bonchev–Trinajstić information content (AvgIpc) is 2.84. The molecule has 0 bridgehead atoms. The van der Waals surface area contributed by atoms with Crippen molar-refractivity contribution in [2.24, 2.45) is 0 Å². The molecule has 2 aromatic rings. The van der Waals surface area contributed by atoms with Gasteiger partial charge in [0.25, 0.3) is 5.91 Å². The molecular formula is C10H10N2O3. The standard InChI is InChI=1S/C10H10N2O3/c1-7-5-8(12-15-7)6-11-10(13)9-3-2-4-14-9/h2-5H,6H2,1H3,(H,11,13). The fourth-order valence-corrected chi connectivity index (χ4v) is 1.17. The van der Waals surface area contributed by atoms with Gasteiger partial charge in [-0.1, -0.05) is 5.16 Å². The second kappa shape index (κ2) is 4.00. The largest absolute Gasteiger partial charge is 0.459 e. The first-order valence-electron chi connectivity index (χ1n) is 4.49. The molecule has 0 aromatic carbocycles. The molecule has 5 heteroatoms. The summed E-state index contributed by atoms with van der Waals surface area (Å²) in [6, 6.07) is 5.03. The summed E-state index contributed by atoms with van der Waals surface area (Å²) < 4.78 is 9.80. The minimum atomic E-state index is -0.263. The van der Waals surface area contributed by atoms with E-state index >= 15 is 0 Å². The number of amides is 1. The van der Waals surface area contributed by atoms with E-state index in [0.717, 1.165) is 5.76 Å². The van der Waals surface area contributed by atoms with Crippen LogP contribution in [-0.4, -0.2) is 11.1 Å². The number of nitrogens with zero attached hydrogens (tertiary/aromatic N) is 1. The van der Waals surface area contributed by atoms with Crippen molar-refractivity contribution in [2.45, 2.75) is 13.5 Å². The first kappa shape index (κ1) is 9.51. The van der Waals surface area contributed by atoms with Gasteiger partial charge in [-0.15, -0.1) is 0 Å². The molecule has 0 radical (unpaired) electrons. The fraction of sp³-hybridized carbons (Fsp3) is 0.200. The summed E-state index contributed by atoms with van der Waals surface area (Å²) in [5, 5.41) is 6.41.